The van der Waals surface area contributed by atoms with Crippen molar-refractivity contribution in [3.63, 3.8) is 0 Å². The van der Waals surface area contributed by atoms with E-state index in [2.05, 4.69) is 316 Å². The van der Waals surface area contributed by atoms with Gasteiger partial charge in [0.2, 0.25) is 0 Å². The van der Waals surface area contributed by atoms with Crippen LogP contribution in [0.1, 0.15) is 72.7 Å². The first-order valence-corrected chi connectivity index (χ1v) is 44.1. The number of terminal acetylenes is 1. The van der Waals surface area contributed by atoms with E-state index in [-0.39, 0.29) is 15.9 Å². The van der Waals surface area contributed by atoms with Crippen molar-refractivity contribution in [2.75, 3.05) is 0 Å². The number of pyridine rings is 2. The Morgan fingerprint density at radius 3 is 1.11 bits per heavy atom. The van der Waals surface area contributed by atoms with Crippen LogP contribution >= 0.6 is 93.8 Å². The van der Waals surface area contributed by atoms with Crippen LogP contribution in [0.15, 0.2) is 295 Å². The van der Waals surface area contributed by atoms with Crippen molar-refractivity contribution in [2.45, 2.75) is 53.1 Å². The quantitative estimate of drug-likeness (QED) is 0.0577. The number of hydrogen-bond donors (Lipinski definition) is 0. The number of hydrogen-bond acceptors (Lipinski definition) is 10. The molecule has 16 rings (SSSR count). The van der Waals surface area contributed by atoms with Crippen molar-refractivity contribution in [1.82, 2.24) is 39.5 Å². The molecule has 0 bridgehead atoms. The van der Waals surface area contributed by atoms with Crippen molar-refractivity contribution in [1.29, 1.82) is 0 Å². The van der Waals surface area contributed by atoms with E-state index < -0.39 is 15.8 Å². The predicted octanol–water partition coefficient (Wildman–Crippen LogP) is 18.3. The fourth-order valence-electron chi connectivity index (χ4n) is 11.1. The summed E-state index contributed by atoms with van der Waals surface area (Å²) in [4.78, 5) is 8.92. The number of halogens is 4. The predicted molar refractivity (Wildman–Crippen MR) is 430 cm³/mol. The number of rotatable bonds is 10. The zero-order valence-corrected chi connectivity index (χ0v) is 66.4. The Kier molecular flexibility index (Phi) is 31.6. The minimum atomic E-state index is -0.446. The Hall–Kier alpha value is -7.39. The second-order valence-corrected chi connectivity index (χ2v) is 32.4. The maximum atomic E-state index is 5.94. The van der Waals surface area contributed by atoms with E-state index >= 15 is 0 Å². The zero-order valence-electron chi connectivity index (χ0n) is 55.3. The molecule has 0 atom stereocenters. The maximum absolute atomic E-state index is 5.94. The molecule has 0 saturated heterocycles. The Bertz CT molecular complexity index is 4610. The van der Waals surface area contributed by atoms with Crippen LogP contribution in [-0.4, -0.2) is 39.5 Å². The third-order valence-corrected chi connectivity index (χ3v) is 23.7. The second-order valence-electron chi connectivity index (χ2n) is 22.2. The molecule has 6 aromatic heterocycles. The average Bonchev–Trinajstić information content (AvgIpc) is 1.63. The van der Waals surface area contributed by atoms with Crippen LogP contribution in [0.4, 0.5) is 0 Å². The van der Waals surface area contributed by atoms with E-state index in [0.717, 1.165) is 60.9 Å². The minimum Gasteiger partial charge on any atom is -0.0622 e. The second kappa shape index (κ2) is 41.8. The van der Waals surface area contributed by atoms with Crippen LogP contribution in [0.25, 0.3) is 10.0 Å². The van der Waals surface area contributed by atoms with Gasteiger partial charge in [-0.15, -0.1) is 49.5 Å². The molecule has 0 aliphatic carbocycles. The van der Waals surface area contributed by atoms with E-state index in [4.69, 9.17) is 35.0 Å². The first-order valence-electron chi connectivity index (χ1n) is 31.9. The van der Waals surface area contributed by atoms with Crippen molar-refractivity contribution >= 4 is 126 Å². The smallest absolute Gasteiger partial charge is 0.0134 e. The molecule has 102 heavy (non-hydrogen) atoms. The molecule has 518 valence electrons. The molecule has 8 heterocycles. The summed E-state index contributed by atoms with van der Waals surface area (Å²) in [7, 11) is 8.74. The number of fused-ring (bicyclic) bond motifs is 6. The molecule has 8 aromatic carbocycles. The fourth-order valence-corrected chi connectivity index (χ4v) is 18.9. The summed E-state index contributed by atoms with van der Waals surface area (Å²) >= 11 is 12.9. The number of ether oxygens (including phenoxy) is 2. The molecule has 2 aliphatic heterocycles. The van der Waals surface area contributed by atoms with E-state index in [9.17, 15) is 0 Å². The molecule has 0 fully saturated rings. The van der Waals surface area contributed by atoms with Gasteiger partial charge in [0.25, 0.3) is 0 Å². The summed E-state index contributed by atoms with van der Waals surface area (Å²) in [5.74, 6) is 12.7. The van der Waals surface area contributed by atoms with E-state index in [1.54, 1.807) is 79.9 Å². The summed E-state index contributed by atoms with van der Waals surface area (Å²) in [6.45, 7) is 6.09. The zero-order chi connectivity index (χ0) is 71.1. The molecule has 10 nitrogen and oxygen atoms in total. The Morgan fingerprint density at radius 2 is 0.765 bits per heavy atom. The molecule has 0 radical (unpaired) electrons. The molecule has 0 saturated carbocycles. The van der Waals surface area contributed by atoms with Crippen molar-refractivity contribution in [3.05, 3.63) is 368 Å². The number of aromatic nitrogens is 8. The van der Waals surface area contributed by atoms with Crippen molar-refractivity contribution in [2.24, 2.45) is 0 Å². The van der Waals surface area contributed by atoms with Crippen molar-refractivity contribution < 1.29 is 38.2 Å². The molecular formula is C82H67BrCl2CuIN8O2P2PdS2. The van der Waals surface area contributed by atoms with E-state index in [1.165, 1.54) is 70.2 Å². The first-order chi connectivity index (χ1) is 50.3. The van der Waals surface area contributed by atoms with Crippen LogP contribution in [0.2, 0.25) is 0 Å². The minimum absolute atomic E-state index is 0.106. The van der Waals surface area contributed by atoms with Crippen LogP contribution in [0, 0.1) is 38.0 Å². The van der Waals surface area contributed by atoms with Gasteiger partial charge >= 0.3 is 68.1 Å². The van der Waals surface area contributed by atoms with Crippen LogP contribution in [0.5, 0.6) is 0 Å². The normalized spacial score (nSPS) is 11.3. The summed E-state index contributed by atoms with van der Waals surface area (Å²) < 4.78 is 17.1. The molecule has 20 heteroatoms. The molecule has 2 aliphatic rings. The van der Waals surface area contributed by atoms with Gasteiger partial charge in [0.1, 0.15) is 34.9 Å². The van der Waals surface area contributed by atoms with Gasteiger partial charge < -0.3 is 9.47 Å². The third kappa shape index (κ3) is 21.6. The van der Waals surface area contributed by atoms with Gasteiger partial charge in [-0.05, 0) is 137 Å². The Morgan fingerprint density at radius 1 is 0.451 bits per heavy atom. The molecule has 14 aromatic rings. The first kappa shape index (κ1) is 77.2. The largest absolute Gasteiger partial charge is 0.0622 e. The van der Waals surface area contributed by atoms with Gasteiger partial charge in [0.05, 0.1) is 21.9 Å². The summed E-state index contributed by atoms with van der Waals surface area (Å²) in [6, 6.07) is 93.1. The number of thiophene rings is 2. The Labute approximate surface area is 652 Å². The summed E-state index contributed by atoms with van der Waals surface area (Å²) in [5.41, 5.74) is 9.32. The standard InChI is InChI=1S/C23H18N4OS.2C18H15P.C16H14BrN3OS.C7H5N.2ClH.Cu.HI.Pd/c1-16-25-26-22-15-28-14-20-19(13-18-5-3-2-4-6-18)21(29-23(20)27(16)22)8-7-17-9-11-24-12-10-17;2*1-4-10-16(11-5-1)19(17-12-6-2-7-13-17)18-14-8-3-9-15-18;1-10-18-19-14-9-21-8-13-12(7-11-5-3-2-4-6-11)15(17)22-16(13)20(10)14;1-2-7-3-5-8-6-4-7;;;;;/h2-6,9-12H,13-15H2,1H3;2*1-15H;2-6H,7-9H2,1H3;1,3-6H;2*1H;;1H;/q;;;;;;;+1;;+2/p-3. The maximum Gasteiger partial charge on any atom is -0.0134 e. The third-order valence-electron chi connectivity index (χ3n) is 15.7. The van der Waals surface area contributed by atoms with Gasteiger partial charge in [0.15, 0.2) is 11.6 Å². The van der Waals surface area contributed by atoms with Crippen LogP contribution in [-0.2, 0) is 77.4 Å². The number of benzene rings is 8. The Balaban J connectivity index is 0.000000140. The van der Waals surface area contributed by atoms with Gasteiger partial charge in [0, 0.05) is 47.0 Å². The van der Waals surface area contributed by atoms with E-state index in [0.29, 0.717) is 26.4 Å². The molecular weight excluding hydrogens is 1700 g/mol. The van der Waals surface area contributed by atoms with E-state index in [1.807, 2.05) is 38.1 Å². The summed E-state index contributed by atoms with van der Waals surface area (Å²) in [5, 5.41) is 27.6. The number of nitrogens with zero attached hydrogens (tertiary/aromatic N) is 8. The van der Waals surface area contributed by atoms with Gasteiger partial charge in [-0.2, -0.15) is 0 Å². The van der Waals surface area contributed by atoms with Gasteiger partial charge in [-0.3, -0.25) is 19.1 Å². The topological polar surface area (TPSA) is 106 Å². The van der Waals surface area contributed by atoms with Gasteiger partial charge in [-0.25, -0.2) is 0 Å². The van der Waals surface area contributed by atoms with Crippen LogP contribution in [0.3, 0.4) is 0 Å². The average molecular weight is 1770 g/mol. The SMILES string of the molecule is C#Cc1ccncc1.Cc1nnc2n1-c1sc(Br)c(Cc3ccccc3)c1COC2.Cc1nnc2n1-c1sc(C#Cc3ccncc3)c(Cc3ccccc3)c1COC2.[Cl][Pd][Cl].[Cu][I].c1ccc(P(c2ccccc2)c2ccccc2)cc1.c1ccc(P(c2ccccc2)c2ccccc2)cc1. The molecule has 0 N–H and O–H groups in total. The fraction of sp³-hybridized carbons (Fsp3) is 0.0976. The monoisotopic (exact) mass is 1770 g/mol. The number of aryl methyl sites for hydroxylation is 2. The van der Waals surface area contributed by atoms with Gasteiger partial charge in [-0.1, -0.05) is 260 Å². The molecule has 0 amide bonds. The molecule has 0 spiro atoms. The van der Waals surface area contributed by atoms with Crippen LogP contribution < -0.4 is 31.8 Å². The van der Waals surface area contributed by atoms with Crippen molar-refractivity contribution in [3.8, 4) is 34.2 Å². The molecule has 0 unspecified atom stereocenters. The summed E-state index contributed by atoms with van der Waals surface area (Å²) in [6.07, 6.45) is 13.7.